The number of pyridine rings is 1. The molecule has 2 N–H and O–H groups in total. The number of anilines is 2. The summed E-state index contributed by atoms with van der Waals surface area (Å²) in [5, 5.41) is 5.28. The van der Waals surface area contributed by atoms with E-state index in [0.717, 1.165) is 21.7 Å². The Bertz CT molecular complexity index is 942. The van der Waals surface area contributed by atoms with Crippen molar-refractivity contribution >= 4 is 35.1 Å². The summed E-state index contributed by atoms with van der Waals surface area (Å²) < 4.78 is 0. The van der Waals surface area contributed by atoms with E-state index in [0.29, 0.717) is 5.82 Å². The highest BCUT2D eigenvalue weighted by atomic mass is 32.2. The van der Waals surface area contributed by atoms with Crippen molar-refractivity contribution in [3.8, 4) is 11.1 Å². The maximum Gasteiger partial charge on any atom is 0.238 e. The molecule has 0 aliphatic carbocycles. The largest absolute Gasteiger partial charge is 0.326 e. The fourth-order valence-corrected chi connectivity index (χ4v) is 3.44. The summed E-state index contributed by atoms with van der Waals surface area (Å²) in [5.41, 5.74) is 2.82. The van der Waals surface area contributed by atoms with E-state index < -0.39 is 0 Å². The third kappa shape index (κ3) is 5.44. The first-order chi connectivity index (χ1) is 13.5. The molecule has 1 unspecified atom stereocenters. The van der Waals surface area contributed by atoms with Crippen molar-refractivity contribution in [3.05, 3.63) is 72.9 Å². The van der Waals surface area contributed by atoms with Crippen molar-refractivity contribution in [1.82, 2.24) is 4.98 Å². The zero-order chi connectivity index (χ0) is 19.9. The fourth-order valence-electron chi connectivity index (χ4n) is 2.57. The molecule has 0 aliphatic rings. The Hall–Kier alpha value is -3.12. The number of amides is 2. The first-order valence-electron chi connectivity index (χ1n) is 8.88. The number of carbonyl (C=O) groups excluding carboxylic acids is 2. The second kappa shape index (κ2) is 9.19. The van der Waals surface area contributed by atoms with Gasteiger partial charge in [-0.3, -0.25) is 9.59 Å². The number of thioether (sulfide) groups is 1. The predicted molar refractivity (Wildman–Crippen MR) is 114 cm³/mol. The van der Waals surface area contributed by atoms with Crippen LogP contribution in [-0.2, 0) is 9.59 Å². The quantitative estimate of drug-likeness (QED) is 0.591. The minimum atomic E-state index is -0.290. The summed E-state index contributed by atoms with van der Waals surface area (Å²) in [6.45, 7) is 3.32. The Balaban J connectivity index is 1.57. The lowest BCUT2D eigenvalue weighted by molar-refractivity contribution is -0.115. The highest BCUT2D eigenvalue weighted by Gasteiger charge is 2.15. The zero-order valence-corrected chi connectivity index (χ0v) is 16.5. The molecule has 142 valence electrons. The summed E-state index contributed by atoms with van der Waals surface area (Å²) in [7, 11) is 0. The molecule has 1 aromatic heterocycles. The molecule has 0 radical (unpaired) electrons. The molecule has 3 rings (SSSR count). The topological polar surface area (TPSA) is 71.1 Å². The van der Waals surface area contributed by atoms with Gasteiger partial charge >= 0.3 is 0 Å². The van der Waals surface area contributed by atoms with Gasteiger partial charge in [0.15, 0.2) is 0 Å². The van der Waals surface area contributed by atoms with Crippen LogP contribution in [0.2, 0.25) is 0 Å². The van der Waals surface area contributed by atoms with E-state index in [1.807, 2.05) is 67.6 Å². The lowest BCUT2D eigenvalue weighted by Gasteiger charge is -2.12. The van der Waals surface area contributed by atoms with E-state index in [-0.39, 0.29) is 17.1 Å². The number of carbonyl (C=O) groups is 2. The van der Waals surface area contributed by atoms with E-state index >= 15 is 0 Å². The minimum absolute atomic E-state index is 0.112. The van der Waals surface area contributed by atoms with Crippen molar-refractivity contribution in [1.29, 1.82) is 0 Å². The molecular weight excluding hydrogens is 370 g/mol. The third-order valence-electron chi connectivity index (χ3n) is 3.98. The summed E-state index contributed by atoms with van der Waals surface area (Å²) >= 11 is 1.45. The van der Waals surface area contributed by atoms with Crippen molar-refractivity contribution in [3.63, 3.8) is 0 Å². The molecular formula is C22H21N3O2S. The van der Waals surface area contributed by atoms with Crippen LogP contribution in [0.15, 0.2) is 77.8 Å². The van der Waals surface area contributed by atoms with Gasteiger partial charge in [-0.2, -0.15) is 0 Å². The van der Waals surface area contributed by atoms with E-state index in [9.17, 15) is 9.59 Å². The number of hydrogen-bond donors (Lipinski definition) is 2. The maximum atomic E-state index is 12.5. The van der Waals surface area contributed by atoms with Gasteiger partial charge in [-0.05, 0) is 48.9 Å². The van der Waals surface area contributed by atoms with Crippen LogP contribution < -0.4 is 10.6 Å². The SMILES string of the molecule is CC(=O)Nc1ccc(SC(C)C(=O)Nc2ccc(-c3ccccc3)cn2)cc1. The van der Waals surface area contributed by atoms with Gasteiger partial charge in [-0.1, -0.05) is 30.3 Å². The molecule has 2 amide bonds. The predicted octanol–water partition coefficient (Wildman–Crippen LogP) is 4.83. The van der Waals surface area contributed by atoms with Gasteiger partial charge < -0.3 is 10.6 Å². The highest BCUT2D eigenvalue weighted by Crippen LogP contribution is 2.26. The van der Waals surface area contributed by atoms with Crippen LogP contribution in [0.3, 0.4) is 0 Å². The third-order valence-corrected chi connectivity index (χ3v) is 5.09. The number of hydrogen-bond acceptors (Lipinski definition) is 4. The van der Waals surface area contributed by atoms with Gasteiger partial charge in [-0.25, -0.2) is 4.98 Å². The molecule has 0 saturated heterocycles. The van der Waals surface area contributed by atoms with E-state index in [2.05, 4.69) is 15.6 Å². The molecule has 0 fully saturated rings. The van der Waals surface area contributed by atoms with Crippen molar-refractivity contribution in [2.24, 2.45) is 0 Å². The summed E-state index contributed by atoms with van der Waals surface area (Å²) in [5.74, 6) is 0.299. The Kier molecular flexibility index (Phi) is 6.45. The maximum absolute atomic E-state index is 12.5. The molecule has 0 aliphatic heterocycles. The highest BCUT2D eigenvalue weighted by molar-refractivity contribution is 8.00. The monoisotopic (exact) mass is 391 g/mol. The van der Waals surface area contributed by atoms with Crippen molar-refractivity contribution in [2.45, 2.75) is 24.0 Å². The Morgan fingerprint density at radius 1 is 0.893 bits per heavy atom. The van der Waals surface area contributed by atoms with Gasteiger partial charge in [0.2, 0.25) is 11.8 Å². The van der Waals surface area contributed by atoms with Gasteiger partial charge in [0.05, 0.1) is 5.25 Å². The van der Waals surface area contributed by atoms with Gasteiger partial charge in [0.25, 0.3) is 0 Å². The van der Waals surface area contributed by atoms with Crippen LogP contribution in [-0.4, -0.2) is 22.0 Å². The Labute approximate surface area is 168 Å². The molecule has 28 heavy (non-hydrogen) atoms. The first kappa shape index (κ1) is 19.6. The van der Waals surface area contributed by atoms with Crippen LogP contribution in [0.4, 0.5) is 11.5 Å². The second-order valence-electron chi connectivity index (χ2n) is 6.25. The number of benzene rings is 2. The van der Waals surface area contributed by atoms with Gasteiger partial charge in [0.1, 0.15) is 5.82 Å². The smallest absolute Gasteiger partial charge is 0.238 e. The van der Waals surface area contributed by atoms with Gasteiger partial charge in [-0.15, -0.1) is 11.8 Å². The number of nitrogens with one attached hydrogen (secondary N) is 2. The van der Waals surface area contributed by atoms with Crippen LogP contribution in [0.25, 0.3) is 11.1 Å². The second-order valence-corrected chi connectivity index (χ2v) is 7.67. The van der Waals surface area contributed by atoms with Crippen LogP contribution in [0.1, 0.15) is 13.8 Å². The zero-order valence-electron chi connectivity index (χ0n) is 15.7. The molecule has 0 saturated carbocycles. The lowest BCUT2D eigenvalue weighted by atomic mass is 10.1. The van der Waals surface area contributed by atoms with Crippen LogP contribution in [0.5, 0.6) is 0 Å². The summed E-state index contributed by atoms with van der Waals surface area (Å²) in [4.78, 5) is 28.8. The number of aromatic nitrogens is 1. The molecule has 1 atom stereocenters. The first-order valence-corrected chi connectivity index (χ1v) is 9.76. The lowest BCUT2D eigenvalue weighted by Crippen LogP contribution is -2.22. The van der Waals surface area contributed by atoms with Crippen LogP contribution >= 0.6 is 11.8 Å². The molecule has 6 heteroatoms. The number of rotatable bonds is 6. The minimum Gasteiger partial charge on any atom is -0.326 e. The van der Waals surface area contributed by atoms with Gasteiger partial charge in [0, 0.05) is 29.3 Å². The molecule has 3 aromatic rings. The van der Waals surface area contributed by atoms with Crippen molar-refractivity contribution in [2.75, 3.05) is 10.6 Å². The fraction of sp³-hybridized carbons (Fsp3) is 0.136. The van der Waals surface area contributed by atoms with E-state index in [4.69, 9.17) is 0 Å². The van der Waals surface area contributed by atoms with Crippen molar-refractivity contribution < 1.29 is 9.59 Å². The average Bonchev–Trinajstić information content (AvgIpc) is 2.70. The molecule has 2 aromatic carbocycles. The summed E-state index contributed by atoms with van der Waals surface area (Å²) in [6, 6.07) is 21.1. The molecule has 0 spiro atoms. The summed E-state index contributed by atoms with van der Waals surface area (Å²) in [6.07, 6.45) is 1.75. The molecule has 0 bridgehead atoms. The van der Waals surface area contributed by atoms with Crippen LogP contribution in [0, 0.1) is 0 Å². The van der Waals surface area contributed by atoms with E-state index in [1.165, 1.54) is 18.7 Å². The normalized spacial score (nSPS) is 11.5. The number of nitrogens with zero attached hydrogens (tertiary/aromatic N) is 1. The standard InChI is InChI=1S/C22H21N3O2S/c1-15(28-20-11-9-19(10-12-20)24-16(2)26)22(27)25-21-13-8-18(14-23-21)17-6-4-3-5-7-17/h3-15H,1-2H3,(H,24,26)(H,23,25,27). The molecule has 1 heterocycles. The Morgan fingerprint density at radius 3 is 2.21 bits per heavy atom. The average molecular weight is 391 g/mol. The molecule has 5 nitrogen and oxygen atoms in total. The Morgan fingerprint density at radius 2 is 1.61 bits per heavy atom. The van der Waals surface area contributed by atoms with E-state index in [1.54, 1.807) is 12.3 Å².